The largest absolute Gasteiger partial charge is 0.493 e. The highest BCUT2D eigenvalue weighted by atomic mass is 16.5. The predicted octanol–water partition coefficient (Wildman–Crippen LogP) is 2.20. The summed E-state index contributed by atoms with van der Waals surface area (Å²) in [5.74, 6) is 0.954. The van der Waals surface area contributed by atoms with Crippen molar-refractivity contribution in [3.8, 4) is 11.5 Å². The van der Waals surface area contributed by atoms with Gasteiger partial charge in [0.05, 0.1) is 25.5 Å². The fourth-order valence-electron chi connectivity index (χ4n) is 2.14. The summed E-state index contributed by atoms with van der Waals surface area (Å²) in [7, 11) is 3.12. The van der Waals surface area contributed by atoms with Crippen LogP contribution in [0.3, 0.4) is 0 Å². The molecule has 0 aliphatic carbocycles. The SMILES string of the molecule is COc1ccc(CNC(=O)c2ccccc2NC=O)cc1OC. The molecule has 0 unspecified atom stereocenters. The van der Waals surface area contributed by atoms with Crippen molar-refractivity contribution in [1.82, 2.24) is 5.32 Å². The van der Waals surface area contributed by atoms with Gasteiger partial charge in [0, 0.05) is 6.54 Å². The van der Waals surface area contributed by atoms with E-state index < -0.39 is 0 Å². The predicted molar refractivity (Wildman–Crippen MR) is 86.8 cm³/mol. The smallest absolute Gasteiger partial charge is 0.253 e. The van der Waals surface area contributed by atoms with E-state index in [2.05, 4.69) is 10.6 Å². The van der Waals surface area contributed by atoms with Crippen LogP contribution in [0.1, 0.15) is 15.9 Å². The number of carbonyl (C=O) groups is 2. The first kappa shape index (κ1) is 16.4. The molecule has 0 aliphatic rings. The van der Waals surface area contributed by atoms with E-state index in [0.29, 0.717) is 35.7 Å². The molecule has 0 aliphatic heterocycles. The van der Waals surface area contributed by atoms with E-state index in [-0.39, 0.29) is 5.91 Å². The molecule has 120 valence electrons. The van der Waals surface area contributed by atoms with E-state index in [1.807, 2.05) is 6.07 Å². The maximum absolute atomic E-state index is 12.3. The lowest BCUT2D eigenvalue weighted by Gasteiger charge is -2.11. The first-order chi connectivity index (χ1) is 11.2. The van der Waals surface area contributed by atoms with Crippen molar-refractivity contribution in [2.75, 3.05) is 19.5 Å². The molecular formula is C17H18N2O4. The van der Waals surface area contributed by atoms with Gasteiger partial charge in [-0.15, -0.1) is 0 Å². The van der Waals surface area contributed by atoms with Crippen LogP contribution in [-0.2, 0) is 11.3 Å². The van der Waals surface area contributed by atoms with E-state index in [9.17, 15) is 9.59 Å². The van der Waals surface area contributed by atoms with Crippen molar-refractivity contribution in [3.05, 3.63) is 53.6 Å². The molecule has 0 bridgehead atoms. The molecule has 6 nitrogen and oxygen atoms in total. The normalized spacial score (nSPS) is 9.83. The highest BCUT2D eigenvalue weighted by Gasteiger charge is 2.11. The van der Waals surface area contributed by atoms with Crippen LogP contribution in [0.25, 0.3) is 0 Å². The monoisotopic (exact) mass is 314 g/mol. The minimum absolute atomic E-state index is 0.273. The minimum atomic E-state index is -0.273. The van der Waals surface area contributed by atoms with Gasteiger partial charge in [-0.1, -0.05) is 18.2 Å². The Morgan fingerprint density at radius 3 is 2.52 bits per heavy atom. The third kappa shape index (κ3) is 4.00. The molecular weight excluding hydrogens is 296 g/mol. The Hall–Kier alpha value is -3.02. The Balaban J connectivity index is 2.09. The Bertz CT molecular complexity index is 701. The summed E-state index contributed by atoms with van der Waals surface area (Å²) in [4.78, 5) is 22.9. The number of nitrogens with one attached hydrogen (secondary N) is 2. The molecule has 2 N–H and O–H groups in total. The maximum atomic E-state index is 12.3. The quantitative estimate of drug-likeness (QED) is 0.768. The summed E-state index contributed by atoms with van der Waals surface area (Å²) in [6, 6.07) is 12.2. The van der Waals surface area contributed by atoms with Gasteiger partial charge < -0.3 is 20.1 Å². The number of hydrogen-bond donors (Lipinski definition) is 2. The summed E-state index contributed by atoms with van der Waals surface area (Å²) < 4.78 is 10.4. The third-order valence-corrected chi connectivity index (χ3v) is 3.29. The fourth-order valence-corrected chi connectivity index (χ4v) is 2.14. The van der Waals surface area contributed by atoms with E-state index in [1.165, 1.54) is 0 Å². The molecule has 2 aromatic rings. The van der Waals surface area contributed by atoms with Gasteiger partial charge >= 0.3 is 0 Å². The second-order valence-electron chi connectivity index (χ2n) is 4.68. The van der Waals surface area contributed by atoms with Crippen molar-refractivity contribution >= 4 is 18.0 Å². The number of rotatable bonds is 7. The number of amides is 2. The average Bonchev–Trinajstić information content (AvgIpc) is 2.60. The van der Waals surface area contributed by atoms with Gasteiger partial charge in [-0.05, 0) is 29.8 Å². The van der Waals surface area contributed by atoms with E-state index >= 15 is 0 Å². The highest BCUT2D eigenvalue weighted by molar-refractivity contribution is 6.01. The number of methoxy groups -OCH3 is 2. The van der Waals surface area contributed by atoms with Crippen LogP contribution in [0.5, 0.6) is 11.5 Å². The lowest BCUT2D eigenvalue weighted by molar-refractivity contribution is -0.105. The molecule has 0 heterocycles. The Labute approximate surface area is 134 Å². The molecule has 2 amide bonds. The van der Waals surface area contributed by atoms with Gasteiger partial charge in [-0.3, -0.25) is 9.59 Å². The number of para-hydroxylation sites is 1. The molecule has 6 heteroatoms. The molecule has 0 spiro atoms. The number of anilines is 1. The Morgan fingerprint density at radius 2 is 1.83 bits per heavy atom. The lowest BCUT2D eigenvalue weighted by atomic mass is 10.1. The summed E-state index contributed by atoms with van der Waals surface area (Å²) in [5.41, 5.74) is 1.74. The number of benzene rings is 2. The minimum Gasteiger partial charge on any atom is -0.493 e. The zero-order valence-corrected chi connectivity index (χ0v) is 13.0. The molecule has 0 aromatic heterocycles. The number of carbonyl (C=O) groups excluding carboxylic acids is 2. The molecule has 2 rings (SSSR count). The van der Waals surface area contributed by atoms with E-state index in [1.54, 1.807) is 50.6 Å². The van der Waals surface area contributed by atoms with Gasteiger partial charge in [0.2, 0.25) is 6.41 Å². The maximum Gasteiger partial charge on any atom is 0.253 e. The lowest BCUT2D eigenvalue weighted by Crippen LogP contribution is -2.23. The van der Waals surface area contributed by atoms with Crippen molar-refractivity contribution in [2.24, 2.45) is 0 Å². The second kappa shape index (κ2) is 7.84. The molecule has 0 radical (unpaired) electrons. The van der Waals surface area contributed by atoms with E-state index in [4.69, 9.17) is 9.47 Å². The molecule has 2 aromatic carbocycles. The topological polar surface area (TPSA) is 76.7 Å². The van der Waals surface area contributed by atoms with Crippen molar-refractivity contribution in [3.63, 3.8) is 0 Å². The molecule has 0 saturated heterocycles. The van der Waals surface area contributed by atoms with Crippen LogP contribution >= 0.6 is 0 Å². The number of ether oxygens (including phenoxy) is 2. The van der Waals surface area contributed by atoms with Gasteiger partial charge in [0.1, 0.15) is 0 Å². The van der Waals surface area contributed by atoms with Gasteiger partial charge in [0.15, 0.2) is 11.5 Å². The summed E-state index contributed by atoms with van der Waals surface area (Å²) in [6.45, 7) is 0.328. The second-order valence-corrected chi connectivity index (χ2v) is 4.68. The summed E-state index contributed by atoms with van der Waals surface area (Å²) >= 11 is 0. The molecule has 0 atom stereocenters. The number of hydrogen-bond acceptors (Lipinski definition) is 4. The average molecular weight is 314 g/mol. The van der Waals surface area contributed by atoms with Crippen molar-refractivity contribution in [2.45, 2.75) is 6.54 Å². The summed E-state index contributed by atoms with van der Waals surface area (Å²) in [5, 5.41) is 5.32. The van der Waals surface area contributed by atoms with Crippen LogP contribution in [0.2, 0.25) is 0 Å². The fraction of sp³-hybridized carbons (Fsp3) is 0.176. The van der Waals surface area contributed by atoms with Crippen molar-refractivity contribution < 1.29 is 19.1 Å². The van der Waals surface area contributed by atoms with Crippen LogP contribution in [0, 0.1) is 0 Å². The highest BCUT2D eigenvalue weighted by Crippen LogP contribution is 2.27. The zero-order chi connectivity index (χ0) is 16.7. The van der Waals surface area contributed by atoms with E-state index in [0.717, 1.165) is 5.56 Å². The summed E-state index contributed by atoms with van der Waals surface area (Å²) in [6.07, 6.45) is 0.542. The van der Waals surface area contributed by atoms with Gasteiger partial charge in [-0.2, -0.15) is 0 Å². The van der Waals surface area contributed by atoms with Gasteiger partial charge in [-0.25, -0.2) is 0 Å². The van der Waals surface area contributed by atoms with Crippen LogP contribution in [-0.4, -0.2) is 26.5 Å². The molecule has 23 heavy (non-hydrogen) atoms. The first-order valence-electron chi connectivity index (χ1n) is 6.98. The Kier molecular flexibility index (Phi) is 5.57. The van der Waals surface area contributed by atoms with Crippen LogP contribution in [0.4, 0.5) is 5.69 Å². The third-order valence-electron chi connectivity index (χ3n) is 3.29. The van der Waals surface area contributed by atoms with Crippen LogP contribution < -0.4 is 20.1 Å². The zero-order valence-electron chi connectivity index (χ0n) is 13.0. The first-order valence-corrected chi connectivity index (χ1v) is 6.98. The van der Waals surface area contributed by atoms with Crippen molar-refractivity contribution in [1.29, 1.82) is 0 Å². The van der Waals surface area contributed by atoms with Gasteiger partial charge in [0.25, 0.3) is 5.91 Å². The Morgan fingerprint density at radius 1 is 1.09 bits per heavy atom. The standard InChI is InChI=1S/C17H18N2O4/c1-22-15-8-7-12(9-16(15)23-2)10-18-17(21)13-5-3-4-6-14(13)19-11-20/h3-9,11H,10H2,1-2H3,(H,18,21)(H,19,20). The molecule has 0 saturated carbocycles. The van der Waals surface area contributed by atoms with Crippen LogP contribution in [0.15, 0.2) is 42.5 Å². The molecule has 0 fully saturated rings.